The maximum absolute atomic E-state index is 2.43. The van der Waals surface area contributed by atoms with Gasteiger partial charge in [0.2, 0.25) is 0 Å². The van der Waals surface area contributed by atoms with Gasteiger partial charge in [0.05, 0.1) is 5.69 Å². The van der Waals surface area contributed by atoms with E-state index < -0.39 is 0 Å². The zero-order valence-corrected chi connectivity index (χ0v) is 41.4. The first-order valence-electron chi connectivity index (χ1n) is 25.8. The fraction of sp³-hybridized carbons (Fsp3) is 0. The molecule has 0 radical (unpaired) electrons. The van der Waals surface area contributed by atoms with Gasteiger partial charge in [-0.25, -0.2) is 0 Å². The van der Waals surface area contributed by atoms with Crippen molar-refractivity contribution in [2.24, 2.45) is 0 Å². The average Bonchev–Trinajstić information content (AvgIpc) is 3.50. The van der Waals surface area contributed by atoms with E-state index in [1.54, 1.807) is 0 Å². The van der Waals surface area contributed by atoms with Gasteiger partial charge >= 0.3 is 0 Å². The lowest BCUT2D eigenvalue weighted by Gasteiger charge is -2.28. The van der Waals surface area contributed by atoms with Crippen LogP contribution in [-0.2, 0) is 0 Å². The molecule has 0 amide bonds. The smallest absolute Gasteiger partial charge is 0.0540 e. The fourth-order valence-electron chi connectivity index (χ4n) is 11.0. The topological polar surface area (TPSA) is 3.24 Å². The molecule has 13 rings (SSSR count). The minimum absolute atomic E-state index is 1.07. The van der Waals surface area contributed by atoms with Gasteiger partial charge in [0, 0.05) is 16.9 Å². The van der Waals surface area contributed by atoms with Crippen molar-refractivity contribution in [2.45, 2.75) is 0 Å². The third-order valence-corrected chi connectivity index (χ3v) is 14.7. The quantitative estimate of drug-likeness (QED) is 0.117. The zero-order chi connectivity index (χ0) is 49.9. The second-order valence-electron chi connectivity index (χ2n) is 19.2. The molecule has 0 saturated carbocycles. The lowest BCUT2D eigenvalue weighted by Crippen LogP contribution is -2.11. The summed E-state index contributed by atoms with van der Waals surface area (Å²) in [5, 5.41) is 4.94. The zero-order valence-electron chi connectivity index (χ0n) is 41.4. The van der Waals surface area contributed by atoms with Gasteiger partial charge in [-0.3, -0.25) is 0 Å². The number of nitrogens with zero attached hydrogens (tertiary/aromatic N) is 1. The van der Waals surface area contributed by atoms with Crippen molar-refractivity contribution in [3.8, 4) is 89.0 Å². The highest BCUT2D eigenvalue weighted by atomic mass is 15.1. The highest BCUT2D eigenvalue weighted by molar-refractivity contribution is 6.22. The van der Waals surface area contributed by atoms with Gasteiger partial charge in [-0.15, -0.1) is 0 Å². The summed E-state index contributed by atoms with van der Waals surface area (Å²) in [5.41, 5.74) is 22.3. The molecule has 0 N–H and O–H groups in total. The molecule has 0 fully saturated rings. The Labute approximate surface area is 439 Å². The van der Waals surface area contributed by atoms with Gasteiger partial charge in [-0.2, -0.15) is 0 Å². The number of anilines is 3. The predicted octanol–water partition coefficient (Wildman–Crippen LogP) is 20.8. The van der Waals surface area contributed by atoms with E-state index >= 15 is 0 Å². The van der Waals surface area contributed by atoms with Gasteiger partial charge in [-0.1, -0.05) is 267 Å². The Bertz CT molecular complexity index is 4090. The Hall–Kier alpha value is -9.82. The van der Waals surface area contributed by atoms with E-state index in [-0.39, 0.29) is 0 Å². The van der Waals surface area contributed by atoms with E-state index in [0.717, 1.165) is 33.8 Å². The van der Waals surface area contributed by atoms with E-state index in [2.05, 4.69) is 314 Å². The van der Waals surface area contributed by atoms with Gasteiger partial charge < -0.3 is 4.90 Å². The summed E-state index contributed by atoms with van der Waals surface area (Å²) in [5.74, 6) is 0. The van der Waals surface area contributed by atoms with Gasteiger partial charge in [-0.05, 0) is 147 Å². The van der Waals surface area contributed by atoms with Crippen LogP contribution in [0.5, 0.6) is 0 Å². The van der Waals surface area contributed by atoms with Crippen LogP contribution in [0.3, 0.4) is 0 Å². The minimum Gasteiger partial charge on any atom is -0.310 e. The van der Waals surface area contributed by atoms with Crippen LogP contribution in [0.4, 0.5) is 17.1 Å². The molecular formula is C74H51N. The first-order valence-corrected chi connectivity index (χ1v) is 25.8. The molecule has 1 nitrogen and oxygen atoms in total. The van der Waals surface area contributed by atoms with Crippen molar-refractivity contribution in [2.75, 3.05) is 4.90 Å². The second kappa shape index (κ2) is 20.0. The van der Waals surface area contributed by atoms with Crippen LogP contribution in [0.1, 0.15) is 0 Å². The molecule has 0 saturated heterocycles. The Morgan fingerprint density at radius 1 is 0.173 bits per heavy atom. The summed E-state index contributed by atoms with van der Waals surface area (Å²) < 4.78 is 0. The monoisotopic (exact) mass is 953 g/mol. The summed E-state index contributed by atoms with van der Waals surface area (Å²) in [6.07, 6.45) is 0. The predicted molar refractivity (Wildman–Crippen MR) is 320 cm³/mol. The molecule has 0 aliphatic heterocycles. The Balaban J connectivity index is 0.967. The first kappa shape index (κ1) is 45.1. The lowest BCUT2D eigenvalue weighted by atomic mass is 9.84. The maximum atomic E-state index is 2.43. The molecule has 0 spiro atoms. The number of hydrogen-bond acceptors (Lipinski definition) is 1. The van der Waals surface area contributed by atoms with Crippen LogP contribution >= 0.6 is 0 Å². The third kappa shape index (κ3) is 8.77. The molecule has 0 aliphatic rings. The maximum Gasteiger partial charge on any atom is 0.0540 e. The van der Waals surface area contributed by atoms with Crippen molar-refractivity contribution in [1.29, 1.82) is 0 Å². The minimum atomic E-state index is 1.07. The molecular weight excluding hydrogens is 903 g/mol. The summed E-state index contributed by atoms with van der Waals surface area (Å²) in [6.45, 7) is 0. The van der Waals surface area contributed by atoms with Crippen molar-refractivity contribution < 1.29 is 0 Å². The standard InChI is InChI=1S/C74H51N/c1-6-20-52(21-7-1)54-34-36-55(37-35-54)56-38-44-63(45-39-56)75(64-46-40-58(41-47-64)65-48-42-61(53-22-8-2-9-23-53)50-70(65)57-24-10-3-11-25-57)72-33-19-18-30-66(72)62-43-49-68-67-31-16-17-32-69(67)73(59-26-12-4-13-27-59)74(71(68)51-62)60-28-14-5-15-29-60/h1-51H. The Morgan fingerprint density at radius 2 is 0.533 bits per heavy atom. The van der Waals surface area contributed by atoms with Crippen LogP contribution < -0.4 is 4.90 Å². The normalized spacial score (nSPS) is 11.2. The highest BCUT2D eigenvalue weighted by Crippen LogP contribution is 2.48. The van der Waals surface area contributed by atoms with E-state index in [1.165, 1.54) is 93.9 Å². The van der Waals surface area contributed by atoms with Crippen LogP contribution in [0, 0.1) is 0 Å². The molecule has 352 valence electrons. The Kier molecular flexibility index (Phi) is 12.0. The average molecular weight is 954 g/mol. The Morgan fingerprint density at radius 3 is 1.09 bits per heavy atom. The molecule has 1 heteroatoms. The molecule has 0 unspecified atom stereocenters. The van der Waals surface area contributed by atoms with Crippen molar-refractivity contribution >= 4 is 38.6 Å². The van der Waals surface area contributed by atoms with Crippen molar-refractivity contribution in [3.63, 3.8) is 0 Å². The number of hydrogen-bond donors (Lipinski definition) is 0. The summed E-state index contributed by atoms with van der Waals surface area (Å²) in [6, 6.07) is 113. The molecule has 0 bridgehead atoms. The van der Waals surface area contributed by atoms with Crippen molar-refractivity contribution in [1.82, 2.24) is 0 Å². The van der Waals surface area contributed by atoms with Gasteiger partial charge in [0.1, 0.15) is 0 Å². The third-order valence-electron chi connectivity index (χ3n) is 14.7. The van der Waals surface area contributed by atoms with Crippen LogP contribution in [0.2, 0.25) is 0 Å². The molecule has 0 heterocycles. The summed E-state index contributed by atoms with van der Waals surface area (Å²) >= 11 is 0. The van der Waals surface area contributed by atoms with Crippen LogP contribution in [-0.4, -0.2) is 0 Å². The number of para-hydroxylation sites is 1. The molecule has 0 aromatic heterocycles. The molecule has 75 heavy (non-hydrogen) atoms. The van der Waals surface area contributed by atoms with Gasteiger partial charge in [0.15, 0.2) is 0 Å². The number of fused-ring (bicyclic) bond motifs is 3. The first-order chi connectivity index (χ1) is 37.2. The van der Waals surface area contributed by atoms with E-state index in [9.17, 15) is 0 Å². The largest absolute Gasteiger partial charge is 0.310 e. The van der Waals surface area contributed by atoms with Crippen molar-refractivity contribution in [3.05, 3.63) is 309 Å². The van der Waals surface area contributed by atoms with Gasteiger partial charge in [0.25, 0.3) is 0 Å². The highest BCUT2D eigenvalue weighted by Gasteiger charge is 2.22. The van der Waals surface area contributed by atoms with E-state index in [4.69, 9.17) is 0 Å². The molecule has 13 aromatic rings. The molecule has 13 aromatic carbocycles. The van der Waals surface area contributed by atoms with E-state index in [0.29, 0.717) is 0 Å². The SMILES string of the molecule is c1ccc(-c2ccc(-c3ccc(N(c4ccc(-c5ccc(-c6ccccc6)cc5-c5ccccc5)cc4)c4ccccc4-c4ccc5c(c4)c(-c4ccccc4)c(-c4ccccc4)c4ccccc45)cc3)cc2)cc1. The molecule has 0 atom stereocenters. The van der Waals surface area contributed by atoms with E-state index in [1.807, 2.05) is 0 Å². The summed E-state index contributed by atoms with van der Waals surface area (Å²) in [7, 11) is 0. The second-order valence-corrected chi connectivity index (χ2v) is 19.2. The van der Waals surface area contributed by atoms with Crippen LogP contribution in [0.25, 0.3) is 111 Å². The van der Waals surface area contributed by atoms with Crippen LogP contribution in [0.15, 0.2) is 309 Å². The lowest BCUT2D eigenvalue weighted by molar-refractivity contribution is 1.28. The summed E-state index contributed by atoms with van der Waals surface area (Å²) in [4.78, 5) is 2.43. The molecule has 0 aliphatic carbocycles. The fourth-order valence-corrected chi connectivity index (χ4v) is 11.0. The number of benzene rings is 13. The number of rotatable bonds is 11.